The number of fused-ring (bicyclic) bond motifs is 1. The quantitative estimate of drug-likeness (QED) is 0.185. The number of piperidine rings is 1. The van der Waals surface area contributed by atoms with Crippen LogP contribution in [0.3, 0.4) is 0 Å². The highest BCUT2D eigenvalue weighted by Crippen LogP contribution is 2.29. The number of rotatable bonds is 10. The Hall–Kier alpha value is -4.12. The summed E-state index contributed by atoms with van der Waals surface area (Å²) in [7, 11) is -4.16. The number of anilines is 1. The van der Waals surface area contributed by atoms with Crippen molar-refractivity contribution in [2.24, 2.45) is 5.73 Å². The van der Waals surface area contributed by atoms with Gasteiger partial charge >= 0.3 is 5.97 Å². The molecule has 0 saturated carbocycles. The Balaban J connectivity index is 1.62. The lowest BCUT2D eigenvalue weighted by molar-refractivity contribution is -0.142. The van der Waals surface area contributed by atoms with Crippen molar-refractivity contribution in [3.63, 3.8) is 0 Å². The molecule has 41 heavy (non-hydrogen) atoms. The molecule has 10 nitrogen and oxygen atoms in total. The fourth-order valence-corrected chi connectivity index (χ4v) is 6.26. The minimum Gasteiger partial charge on any atom is -0.490 e. The van der Waals surface area contributed by atoms with Crippen LogP contribution in [0, 0.1) is 10.8 Å². The number of nitrogens with zero attached hydrogens (tertiary/aromatic N) is 2. The molecule has 4 N–H and O–H groups in total. The van der Waals surface area contributed by atoms with E-state index in [-0.39, 0.29) is 25.1 Å². The van der Waals surface area contributed by atoms with Crippen LogP contribution in [-0.2, 0) is 26.1 Å². The maximum absolute atomic E-state index is 13.8. The van der Waals surface area contributed by atoms with E-state index in [0.717, 1.165) is 36.7 Å². The summed E-state index contributed by atoms with van der Waals surface area (Å²) >= 11 is 0. The number of hydrogen-bond donors (Lipinski definition) is 3. The molecule has 0 bridgehead atoms. The van der Waals surface area contributed by atoms with Crippen LogP contribution < -0.4 is 14.8 Å². The standard InChI is InChI=1S/C30H37N5O5S/c1-4-39-30(36)20(2)41(37,38)35(19-22-5-6-23-7-8-24(29(32)33)18-25(23)17-22)26-9-11-27(12-10-26)40-28-13-15-34(16-14-28)21(3)31/h5-12,17-18,20,28,31H,4,13-16,19H2,1-3H3,(H3,32,33). The first-order chi connectivity index (χ1) is 19.5. The first-order valence-corrected chi connectivity index (χ1v) is 15.1. The monoisotopic (exact) mass is 579 g/mol. The van der Waals surface area contributed by atoms with E-state index < -0.39 is 21.2 Å². The molecule has 4 rings (SSSR count). The average molecular weight is 580 g/mol. The van der Waals surface area contributed by atoms with E-state index in [9.17, 15) is 13.2 Å². The zero-order valence-corrected chi connectivity index (χ0v) is 24.4. The van der Waals surface area contributed by atoms with Crippen LogP contribution in [-0.4, -0.2) is 62.0 Å². The van der Waals surface area contributed by atoms with E-state index in [1.807, 2.05) is 29.2 Å². The lowest BCUT2D eigenvalue weighted by Crippen LogP contribution is -2.41. The molecular formula is C30H37N5O5S. The molecule has 0 aromatic heterocycles. The number of esters is 1. The number of nitrogen functional groups attached to an aromatic ring is 1. The van der Waals surface area contributed by atoms with E-state index in [2.05, 4.69) is 0 Å². The Labute approximate surface area is 241 Å². The Kier molecular flexibility index (Phi) is 9.17. The molecule has 3 aromatic rings. The molecule has 0 spiro atoms. The number of benzene rings is 3. The SMILES string of the molecule is CCOC(=O)C(C)S(=O)(=O)N(Cc1ccc2ccc(C(=N)N)cc2c1)c1ccc(OC2CCN(C(C)=N)CC2)cc1. The van der Waals surface area contributed by atoms with Gasteiger partial charge in [0.25, 0.3) is 0 Å². The van der Waals surface area contributed by atoms with Gasteiger partial charge < -0.3 is 20.1 Å². The lowest BCUT2D eigenvalue weighted by Gasteiger charge is -2.33. The van der Waals surface area contributed by atoms with E-state index in [0.29, 0.717) is 28.4 Å². The molecule has 1 atom stereocenters. The fraction of sp³-hybridized carbons (Fsp3) is 0.367. The number of carbonyl (C=O) groups excluding carboxylic acids is 1. The summed E-state index contributed by atoms with van der Waals surface area (Å²) in [5.74, 6) is 0.310. The van der Waals surface area contributed by atoms with Crippen LogP contribution in [0.5, 0.6) is 5.75 Å². The number of likely N-dealkylation sites (tertiary alicyclic amines) is 1. The van der Waals surface area contributed by atoms with Gasteiger partial charge in [0.05, 0.1) is 24.7 Å². The second kappa shape index (κ2) is 12.6. The van der Waals surface area contributed by atoms with Gasteiger partial charge in [0, 0.05) is 31.5 Å². The van der Waals surface area contributed by atoms with Crippen molar-refractivity contribution in [3.05, 3.63) is 71.8 Å². The largest absolute Gasteiger partial charge is 0.490 e. The molecule has 1 heterocycles. The summed E-state index contributed by atoms with van der Waals surface area (Å²) in [6, 6.07) is 17.8. The predicted octanol–water partition coefficient (Wildman–Crippen LogP) is 4.25. The van der Waals surface area contributed by atoms with Crippen molar-refractivity contribution in [1.82, 2.24) is 4.90 Å². The van der Waals surface area contributed by atoms with Gasteiger partial charge in [-0.25, -0.2) is 8.42 Å². The van der Waals surface area contributed by atoms with Gasteiger partial charge in [0.15, 0.2) is 5.25 Å². The third kappa shape index (κ3) is 6.97. The Morgan fingerprint density at radius 1 is 1.05 bits per heavy atom. The average Bonchev–Trinajstić information content (AvgIpc) is 2.96. The van der Waals surface area contributed by atoms with E-state index in [1.54, 1.807) is 50.2 Å². The highest BCUT2D eigenvalue weighted by Gasteiger charge is 2.35. The molecular weight excluding hydrogens is 542 g/mol. The summed E-state index contributed by atoms with van der Waals surface area (Å²) < 4.78 is 40.0. The predicted molar refractivity (Wildman–Crippen MR) is 161 cm³/mol. The number of nitrogens with two attached hydrogens (primary N) is 1. The minimum absolute atomic E-state index is 0.0117. The summed E-state index contributed by atoms with van der Waals surface area (Å²) in [4.78, 5) is 14.5. The first-order valence-electron chi connectivity index (χ1n) is 13.6. The number of nitrogens with one attached hydrogen (secondary N) is 2. The van der Waals surface area contributed by atoms with Crippen molar-refractivity contribution in [1.29, 1.82) is 10.8 Å². The molecule has 0 amide bonds. The number of hydrogen-bond acceptors (Lipinski definition) is 7. The second-order valence-electron chi connectivity index (χ2n) is 10.1. The van der Waals surface area contributed by atoms with Crippen molar-refractivity contribution in [3.8, 4) is 5.75 Å². The smallest absolute Gasteiger partial charge is 0.325 e. The van der Waals surface area contributed by atoms with Crippen LogP contribution >= 0.6 is 0 Å². The molecule has 0 aliphatic carbocycles. The summed E-state index contributed by atoms with van der Waals surface area (Å²) in [6.45, 7) is 6.32. The van der Waals surface area contributed by atoms with Gasteiger partial charge in [-0.05, 0) is 73.5 Å². The highest BCUT2D eigenvalue weighted by atomic mass is 32.2. The Bertz CT molecular complexity index is 1530. The number of sulfonamides is 1. The molecule has 11 heteroatoms. The molecule has 218 valence electrons. The maximum Gasteiger partial charge on any atom is 0.325 e. The van der Waals surface area contributed by atoms with Gasteiger partial charge in [-0.1, -0.05) is 24.3 Å². The zero-order chi connectivity index (χ0) is 29.7. The summed E-state index contributed by atoms with van der Waals surface area (Å²) in [5.41, 5.74) is 7.33. The van der Waals surface area contributed by atoms with Crippen molar-refractivity contribution >= 4 is 44.1 Å². The second-order valence-corrected chi connectivity index (χ2v) is 12.3. The van der Waals surface area contributed by atoms with Gasteiger partial charge in [0.1, 0.15) is 17.7 Å². The normalized spacial score (nSPS) is 14.9. The van der Waals surface area contributed by atoms with E-state index >= 15 is 0 Å². The van der Waals surface area contributed by atoms with Crippen LogP contribution in [0.15, 0.2) is 60.7 Å². The molecule has 1 aliphatic rings. The summed E-state index contributed by atoms with van der Waals surface area (Å²) in [6.07, 6.45) is 1.60. The molecule has 1 saturated heterocycles. The number of amidine groups is 2. The molecule has 3 aromatic carbocycles. The number of ether oxygens (including phenoxy) is 2. The zero-order valence-electron chi connectivity index (χ0n) is 23.6. The molecule has 0 radical (unpaired) electrons. The van der Waals surface area contributed by atoms with Crippen LogP contribution in [0.1, 0.15) is 44.7 Å². The molecule has 1 unspecified atom stereocenters. The minimum atomic E-state index is -4.16. The van der Waals surface area contributed by atoms with Gasteiger partial charge in [-0.3, -0.25) is 19.9 Å². The Morgan fingerprint density at radius 3 is 2.32 bits per heavy atom. The van der Waals surface area contributed by atoms with Crippen molar-refractivity contribution in [2.75, 3.05) is 24.0 Å². The fourth-order valence-electron chi connectivity index (χ4n) is 4.82. The van der Waals surface area contributed by atoms with Crippen LogP contribution in [0.2, 0.25) is 0 Å². The van der Waals surface area contributed by atoms with Crippen LogP contribution in [0.25, 0.3) is 10.8 Å². The number of carbonyl (C=O) groups is 1. The third-order valence-corrected chi connectivity index (χ3v) is 9.30. The Morgan fingerprint density at radius 2 is 1.71 bits per heavy atom. The highest BCUT2D eigenvalue weighted by molar-refractivity contribution is 7.94. The first kappa shape index (κ1) is 29.9. The molecule has 1 fully saturated rings. The van der Waals surface area contributed by atoms with Gasteiger partial charge in [-0.15, -0.1) is 0 Å². The van der Waals surface area contributed by atoms with Crippen LogP contribution in [0.4, 0.5) is 5.69 Å². The van der Waals surface area contributed by atoms with Gasteiger partial charge in [-0.2, -0.15) is 0 Å². The van der Waals surface area contributed by atoms with Crippen molar-refractivity contribution in [2.45, 2.75) is 51.5 Å². The lowest BCUT2D eigenvalue weighted by atomic mass is 10.0. The van der Waals surface area contributed by atoms with Gasteiger partial charge in [0.2, 0.25) is 10.0 Å². The van der Waals surface area contributed by atoms with Crippen molar-refractivity contribution < 1.29 is 22.7 Å². The third-order valence-electron chi connectivity index (χ3n) is 7.26. The maximum atomic E-state index is 13.8. The topological polar surface area (TPSA) is 150 Å². The van der Waals surface area contributed by atoms with E-state index in [1.165, 1.54) is 11.2 Å². The summed E-state index contributed by atoms with van der Waals surface area (Å²) in [5, 5.41) is 15.9. The molecule has 1 aliphatic heterocycles. The van der Waals surface area contributed by atoms with E-state index in [4.69, 9.17) is 26.0 Å².